The van der Waals surface area contributed by atoms with Gasteiger partial charge in [-0.25, -0.2) is 4.79 Å². The Labute approximate surface area is 170 Å². The van der Waals surface area contributed by atoms with Gasteiger partial charge in [0.25, 0.3) is 0 Å². The van der Waals surface area contributed by atoms with Gasteiger partial charge in [0.15, 0.2) is 0 Å². The molecule has 1 aliphatic rings. The number of aliphatic hydroxyl groups excluding tert-OH is 1. The van der Waals surface area contributed by atoms with Gasteiger partial charge in [0, 0.05) is 18.6 Å². The Hall–Kier alpha value is -1.87. The minimum absolute atomic E-state index is 0.117. The van der Waals surface area contributed by atoms with Gasteiger partial charge in [0.05, 0.1) is 0 Å². The summed E-state index contributed by atoms with van der Waals surface area (Å²) in [6.45, 7) is 8.81. The molecule has 0 aromatic heterocycles. The maximum absolute atomic E-state index is 12.3. The van der Waals surface area contributed by atoms with Crippen LogP contribution in [0.2, 0.25) is 0 Å². The van der Waals surface area contributed by atoms with E-state index >= 15 is 0 Å². The molecule has 2 rings (SSSR count). The fraction of sp³-hybridized carbons (Fsp3) is 0.560. The van der Waals surface area contributed by atoms with Crippen LogP contribution in [0.1, 0.15) is 70.9 Å². The summed E-state index contributed by atoms with van der Waals surface area (Å²) in [6, 6.07) is 8.69. The highest BCUT2D eigenvalue weighted by molar-refractivity contribution is 5.82. The van der Waals surface area contributed by atoms with E-state index in [1.54, 1.807) is 6.08 Å². The molecule has 2 bridgehead atoms. The third kappa shape index (κ3) is 6.63. The van der Waals surface area contributed by atoms with E-state index in [0.29, 0.717) is 0 Å². The van der Waals surface area contributed by atoms with Crippen molar-refractivity contribution in [3.8, 4) is 0 Å². The summed E-state index contributed by atoms with van der Waals surface area (Å²) < 4.78 is 5.78. The molecule has 1 heterocycles. The van der Waals surface area contributed by atoms with Crippen LogP contribution in [0.3, 0.4) is 0 Å². The first kappa shape index (κ1) is 22.4. The van der Waals surface area contributed by atoms with Crippen molar-refractivity contribution in [3.05, 3.63) is 59.2 Å². The molecule has 0 spiro atoms. The van der Waals surface area contributed by atoms with E-state index in [9.17, 15) is 9.90 Å². The molecule has 154 valence electrons. The van der Waals surface area contributed by atoms with Crippen LogP contribution in [0.5, 0.6) is 0 Å². The second-order valence-corrected chi connectivity index (χ2v) is 8.62. The smallest absolute Gasteiger partial charge is 0.331 e. The fourth-order valence-electron chi connectivity index (χ4n) is 3.79. The van der Waals surface area contributed by atoms with Crippen molar-refractivity contribution in [3.63, 3.8) is 0 Å². The minimum Gasteiger partial charge on any atom is -0.455 e. The van der Waals surface area contributed by atoms with Crippen molar-refractivity contribution >= 4 is 5.97 Å². The van der Waals surface area contributed by atoms with Gasteiger partial charge < -0.3 is 9.84 Å². The molecule has 1 aliphatic heterocycles. The van der Waals surface area contributed by atoms with Crippen LogP contribution in [-0.2, 0) is 21.4 Å². The number of cyclic esters (lactones) is 1. The number of rotatable bonds is 4. The number of hydrogen-bond donors (Lipinski definition) is 1. The number of benzene rings is 1. The molecule has 28 heavy (non-hydrogen) atoms. The lowest BCUT2D eigenvalue weighted by Crippen LogP contribution is -2.21. The molecule has 3 nitrogen and oxygen atoms in total. The van der Waals surface area contributed by atoms with Crippen molar-refractivity contribution in [2.75, 3.05) is 6.61 Å². The van der Waals surface area contributed by atoms with E-state index < -0.39 is 0 Å². The Morgan fingerprint density at radius 2 is 2.14 bits per heavy atom. The molecule has 1 aromatic rings. The van der Waals surface area contributed by atoms with Crippen LogP contribution in [0, 0.1) is 5.92 Å². The summed E-state index contributed by atoms with van der Waals surface area (Å²) >= 11 is 0. The van der Waals surface area contributed by atoms with Gasteiger partial charge in [-0.3, -0.25) is 0 Å². The molecule has 1 aromatic carbocycles. The van der Waals surface area contributed by atoms with Gasteiger partial charge in [-0.05, 0) is 61.1 Å². The zero-order valence-corrected chi connectivity index (χ0v) is 17.9. The molecule has 3 heteroatoms. The minimum atomic E-state index is -0.289. The molecule has 1 N–H and O–H groups in total. The lowest BCUT2D eigenvalue weighted by atomic mass is 9.79. The zero-order chi connectivity index (χ0) is 20.6. The third-order valence-electron chi connectivity index (χ3n) is 5.86. The number of hydrogen-bond acceptors (Lipinski definition) is 3. The Kier molecular flexibility index (Phi) is 8.50. The lowest BCUT2D eigenvalue weighted by Gasteiger charge is -2.27. The van der Waals surface area contributed by atoms with Gasteiger partial charge in [0.1, 0.15) is 6.10 Å². The molecule has 0 radical (unpaired) electrons. The van der Waals surface area contributed by atoms with Crippen molar-refractivity contribution in [2.24, 2.45) is 5.92 Å². The standard InChI is InChI=1S/C25H36O3/c1-5-20(18-26)16-19(2)23-13-6-7-15-25(3,4)22-12-8-10-21(17-22)11-9-14-24(27)28-23/h8-10,12,14,16-17,20,23,26H,5-7,11,13,15,18H2,1-4H3/b14-9+,19-16-/t20?,23-/m0/s1. The van der Waals surface area contributed by atoms with E-state index in [4.69, 9.17) is 4.74 Å². The Bertz CT molecular complexity index is 695. The van der Waals surface area contributed by atoms with Crippen LogP contribution >= 0.6 is 0 Å². The summed E-state index contributed by atoms with van der Waals surface area (Å²) in [5.74, 6) is -0.172. The number of aliphatic hydroxyl groups is 1. The number of ether oxygens (including phenoxy) is 1. The first-order valence-corrected chi connectivity index (χ1v) is 10.6. The topological polar surface area (TPSA) is 46.5 Å². The largest absolute Gasteiger partial charge is 0.455 e. The summed E-state index contributed by atoms with van der Waals surface area (Å²) in [6.07, 6.45) is 10.9. The van der Waals surface area contributed by atoms with Crippen LogP contribution in [-0.4, -0.2) is 23.8 Å². The monoisotopic (exact) mass is 384 g/mol. The highest BCUT2D eigenvalue weighted by Crippen LogP contribution is 2.31. The van der Waals surface area contributed by atoms with Crippen molar-refractivity contribution < 1.29 is 14.6 Å². The van der Waals surface area contributed by atoms with Crippen molar-refractivity contribution in [2.45, 2.75) is 77.7 Å². The highest BCUT2D eigenvalue weighted by Gasteiger charge is 2.22. The molecule has 2 atom stereocenters. The maximum Gasteiger partial charge on any atom is 0.331 e. The Morgan fingerprint density at radius 3 is 2.86 bits per heavy atom. The molecule has 0 aliphatic carbocycles. The van der Waals surface area contributed by atoms with E-state index in [1.165, 1.54) is 11.1 Å². The number of esters is 1. The molecule has 0 saturated heterocycles. The summed E-state index contributed by atoms with van der Waals surface area (Å²) in [5.41, 5.74) is 3.75. The first-order valence-electron chi connectivity index (χ1n) is 10.6. The second kappa shape index (κ2) is 10.6. The quantitative estimate of drug-likeness (QED) is 0.550. The van der Waals surface area contributed by atoms with Gasteiger partial charge in [-0.2, -0.15) is 0 Å². The normalized spacial score (nSPS) is 23.4. The van der Waals surface area contributed by atoms with E-state index in [-0.39, 0.29) is 30.0 Å². The van der Waals surface area contributed by atoms with Gasteiger partial charge in [-0.1, -0.05) is 63.6 Å². The molecule has 1 unspecified atom stereocenters. The Morgan fingerprint density at radius 1 is 1.36 bits per heavy atom. The summed E-state index contributed by atoms with van der Waals surface area (Å²) in [4.78, 5) is 12.3. The van der Waals surface area contributed by atoms with Gasteiger partial charge in [0.2, 0.25) is 0 Å². The summed E-state index contributed by atoms with van der Waals surface area (Å²) in [5, 5.41) is 9.49. The third-order valence-corrected chi connectivity index (χ3v) is 5.86. The van der Waals surface area contributed by atoms with Crippen molar-refractivity contribution in [1.29, 1.82) is 0 Å². The summed E-state index contributed by atoms with van der Waals surface area (Å²) in [7, 11) is 0. The Balaban J connectivity index is 2.21. The van der Waals surface area contributed by atoms with Gasteiger partial charge in [-0.15, -0.1) is 0 Å². The predicted molar refractivity (Wildman–Crippen MR) is 115 cm³/mol. The fourth-order valence-corrected chi connectivity index (χ4v) is 3.79. The van der Waals surface area contributed by atoms with E-state index in [1.807, 2.05) is 13.0 Å². The highest BCUT2D eigenvalue weighted by atomic mass is 16.5. The molecule has 0 amide bonds. The van der Waals surface area contributed by atoms with Gasteiger partial charge >= 0.3 is 5.97 Å². The molecule has 0 fully saturated rings. The van der Waals surface area contributed by atoms with E-state index in [0.717, 1.165) is 44.1 Å². The van der Waals surface area contributed by atoms with Crippen LogP contribution in [0.4, 0.5) is 0 Å². The van der Waals surface area contributed by atoms with E-state index in [2.05, 4.69) is 51.1 Å². The SMILES string of the molecule is CCC(/C=C(/C)[C@@H]1CCCCC(C)(C)c2cccc(c2)C/C=C/C(=O)O1)CO. The van der Waals surface area contributed by atoms with Crippen LogP contribution in [0.15, 0.2) is 48.1 Å². The number of fused-ring (bicyclic) bond motifs is 2. The average molecular weight is 385 g/mol. The average Bonchev–Trinajstić information content (AvgIpc) is 2.67. The maximum atomic E-state index is 12.3. The molecular weight excluding hydrogens is 348 g/mol. The lowest BCUT2D eigenvalue weighted by molar-refractivity contribution is -0.141. The van der Waals surface area contributed by atoms with Crippen LogP contribution in [0.25, 0.3) is 0 Å². The zero-order valence-electron chi connectivity index (χ0n) is 17.9. The molecule has 0 saturated carbocycles. The van der Waals surface area contributed by atoms with Crippen molar-refractivity contribution in [1.82, 2.24) is 0 Å². The number of carbonyl (C=O) groups excluding carboxylic acids is 1. The first-order chi connectivity index (χ1) is 13.4. The molecular formula is C25H36O3. The predicted octanol–water partition coefficient (Wildman–Crippen LogP) is 5.51. The number of carbonyl (C=O) groups is 1. The van der Waals surface area contributed by atoms with Crippen LogP contribution < -0.4 is 0 Å². The number of allylic oxidation sites excluding steroid dienone is 1. The second-order valence-electron chi connectivity index (χ2n) is 8.62.